The SMILES string of the molecule is N#Cc1cc(F)cc(COc2ccc(N)cc2C#N)c1. The van der Waals surface area contributed by atoms with Crippen LogP contribution in [0.1, 0.15) is 16.7 Å². The summed E-state index contributed by atoms with van der Waals surface area (Å²) in [5.74, 6) is -0.134. The van der Waals surface area contributed by atoms with E-state index >= 15 is 0 Å². The highest BCUT2D eigenvalue weighted by molar-refractivity contribution is 5.53. The zero-order chi connectivity index (χ0) is 14.5. The molecule has 0 aromatic heterocycles. The fraction of sp³-hybridized carbons (Fsp3) is 0.0667. The molecule has 0 heterocycles. The zero-order valence-electron chi connectivity index (χ0n) is 10.4. The van der Waals surface area contributed by atoms with Gasteiger partial charge >= 0.3 is 0 Å². The molecule has 2 aromatic carbocycles. The normalized spacial score (nSPS) is 9.55. The highest BCUT2D eigenvalue weighted by Gasteiger charge is 2.06. The summed E-state index contributed by atoms with van der Waals surface area (Å²) in [6, 6.07) is 12.5. The van der Waals surface area contributed by atoms with Gasteiger partial charge in [0.05, 0.1) is 17.2 Å². The lowest BCUT2D eigenvalue weighted by molar-refractivity contribution is 0.304. The van der Waals surface area contributed by atoms with Crippen LogP contribution in [0.5, 0.6) is 5.75 Å². The molecule has 2 N–H and O–H groups in total. The van der Waals surface area contributed by atoms with E-state index in [1.807, 2.05) is 12.1 Å². The number of nitrogens with zero attached hydrogens (tertiary/aromatic N) is 2. The predicted molar refractivity (Wildman–Crippen MR) is 71.0 cm³/mol. The van der Waals surface area contributed by atoms with E-state index in [0.717, 1.165) is 6.07 Å². The first-order valence-electron chi connectivity index (χ1n) is 5.74. The summed E-state index contributed by atoms with van der Waals surface area (Å²) in [6.07, 6.45) is 0. The number of rotatable bonds is 3. The van der Waals surface area contributed by atoms with Gasteiger partial charge in [-0.3, -0.25) is 0 Å². The van der Waals surface area contributed by atoms with E-state index in [1.165, 1.54) is 18.2 Å². The topological polar surface area (TPSA) is 82.8 Å². The van der Waals surface area contributed by atoms with Crippen molar-refractivity contribution in [3.05, 3.63) is 58.9 Å². The minimum Gasteiger partial charge on any atom is -0.488 e. The van der Waals surface area contributed by atoms with Crippen LogP contribution in [0.2, 0.25) is 0 Å². The third-order valence-corrected chi connectivity index (χ3v) is 2.61. The van der Waals surface area contributed by atoms with Gasteiger partial charge in [-0.1, -0.05) is 0 Å². The van der Waals surface area contributed by atoms with Crippen molar-refractivity contribution >= 4 is 5.69 Å². The summed E-state index contributed by atoms with van der Waals surface area (Å²) in [4.78, 5) is 0. The standard InChI is InChI=1S/C15H10FN3O/c16-13-4-10(7-17)3-11(5-13)9-20-15-2-1-14(19)6-12(15)8-18/h1-6H,9,19H2. The first kappa shape index (κ1) is 13.4. The number of hydrogen-bond donors (Lipinski definition) is 1. The van der Waals surface area contributed by atoms with Crippen molar-refractivity contribution in [2.45, 2.75) is 6.61 Å². The monoisotopic (exact) mass is 267 g/mol. The Hall–Kier alpha value is -3.05. The number of anilines is 1. The van der Waals surface area contributed by atoms with E-state index in [2.05, 4.69) is 0 Å². The van der Waals surface area contributed by atoms with Crippen LogP contribution in [0, 0.1) is 28.5 Å². The van der Waals surface area contributed by atoms with Gasteiger partial charge in [0.2, 0.25) is 0 Å². The molecule has 2 aromatic rings. The van der Waals surface area contributed by atoms with Crippen LogP contribution in [0.3, 0.4) is 0 Å². The van der Waals surface area contributed by atoms with Crippen LogP contribution in [0.4, 0.5) is 10.1 Å². The van der Waals surface area contributed by atoms with Crippen molar-refractivity contribution < 1.29 is 9.13 Å². The van der Waals surface area contributed by atoms with Crippen molar-refractivity contribution in [3.63, 3.8) is 0 Å². The molecule has 0 unspecified atom stereocenters. The molecule has 0 saturated carbocycles. The maximum absolute atomic E-state index is 13.3. The molecule has 0 aliphatic carbocycles. The number of ether oxygens (including phenoxy) is 1. The van der Waals surface area contributed by atoms with Gasteiger partial charge in [0, 0.05) is 5.69 Å². The van der Waals surface area contributed by atoms with Crippen LogP contribution < -0.4 is 10.5 Å². The second kappa shape index (κ2) is 5.73. The van der Waals surface area contributed by atoms with Gasteiger partial charge in [-0.2, -0.15) is 10.5 Å². The molecule has 4 nitrogen and oxygen atoms in total. The average Bonchev–Trinajstić information content (AvgIpc) is 2.45. The Morgan fingerprint density at radius 1 is 1.10 bits per heavy atom. The Labute approximate surface area is 115 Å². The molecule has 2 rings (SSSR count). The van der Waals surface area contributed by atoms with Crippen LogP contribution >= 0.6 is 0 Å². The molecule has 98 valence electrons. The van der Waals surface area contributed by atoms with Gasteiger partial charge in [-0.15, -0.1) is 0 Å². The molecular weight excluding hydrogens is 257 g/mol. The molecule has 0 spiro atoms. The van der Waals surface area contributed by atoms with E-state index in [0.29, 0.717) is 22.6 Å². The largest absolute Gasteiger partial charge is 0.488 e. The number of hydrogen-bond acceptors (Lipinski definition) is 4. The molecular formula is C15H10FN3O. The third kappa shape index (κ3) is 3.04. The fourth-order valence-electron chi connectivity index (χ4n) is 1.72. The predicted octanol–water partition coefficient (Wildman–Crippen LogP) is 2.73. The van der Waals surface area contributed by atoms with E-state index < -0.39 is 5.82 Å². The summed E-state index contributed by atoms with van der Waals surface area (Å²) < 4.78 is 18.7. The highest BCUT2D eigenvalue weighted by Crippen LogP contribution is 2.22. The molecule has 0 aliphatic rings. The number of nitrogens with two attached hydrogens (primary N) is 1. The minimum atomic E-state index is -0.500. The minimum absolute atomic E-state index is 0.0606. The van der Waals surface area contributed by atoms with Gasteiger partial charge < -0.3 is 10.5 Å². The van der Waals surface area contributed by atoms with Gasteiger partial charge in [0.25, 0.3) is 0 Å². The second-order valence-electron chi connectivity index (χ2n) is 4.12. The van der Waals surface area contributed by atoms with Crippen molar-refractivity contribution in [1.29, 1.82) is 10.5 Å². The van der Waals surface area contributed by atoms with Crippen molar-refractivity contribution in [2.24, 2.45) is 0 Å². The first-order valence-corrected chi connectivity index (χ1v) is 5.74. The van der Waals surface area contributed by atoms with E-state index in [4.69, 9.17) is 21.0 Å². The van der Waals surface area contributed by atoms with E-state index in [1.54, 1.807) is 12.1 Å². The highest BCUT2D eigenvalue weighted by atomic mass is 19.1. The fourth-order valence-corrected chi connectivity index (χ4v) is 1.72. The number of nitriles is 2. The van der Waals surface area contributed by atoms with Crippen LogP contribution in [0.25, 0.3) is 0 Å². The molecule has 0 fully saturated rings. The maximum Gasteiger partial charge on any atom is 0.137 e. The Kier molecular flexibility index (Phi) is 3.83. The Bertz CT molecular complexity index is 729. The molecule has 0 amide bonds. The lowest BCUT2D eigenvalue weighted by Crippen LogP contribution is -1.99. The first-order chi connectivity index (χ1) is 9.62. The number of halogens is 1. The molecule has 0 aliphatic heterocycles. The number of benzene rings is 2. The molecule has 0 atom stereocenters. The van der Waals surface area contributed by atoms with Gasteiger partial charge in [0.15, 0.2) is 0 Å². The lowest BCUT2D eigenvalue weighted by atomic mass is 10.1. The average molecular weight is 267 g/mol. The van der Waals surface area contributed by atoms with Crippen molar-refractivity contribution in [3.8, 4) is 17.9 Å². The van der Waals surface area contributed by atoms with Crippen LogP contribution in [0.15, 0.2) is 36.4 Å². The summed E-state index contributed by atoms with van der Waals surface area (Å²) >= 11 is 0. The number of nitrogen functional groups attached to an aromatic ring is 1. The summed E-state index contributed by atoms with van der Waals surface area (Å²) in [6.45, 7) is 0.0606. The second-order valence-corrected chi connectivity index (χ2v) is 4.12. The molecule has 0 radical (unpaired) electrons. The van der Waals surface area contributed by atoms with Crippen molar-refractivity contribution in [1.82, 2.24) is 0 Å². The van der Waals surface area contributed by atoms with E-state index in [9.17, 15) is 4.39 Å². The van der Waals surface area contributed by atoms with Gasteiger partial charge in [-0.25, -0.2) is 4.39 Å². The van der Waals surface area contributed by atoms with E-state index in [-0.39, 0.29) is 12.2 Å². The molecule has 20 heavy (non-hydrogen) atoms. The Morgan fingerprint density at radius 3 is 2.60 bits per heavy atom. The van der Waals surface area contributed by atoms with Gasteiger partial charge in [0.1, 0.15) is 24.2 Å². The van der Waals surface area contributed by atoms with Crippen molar-refractivity contribution in [2.75, 3.05) is 5.73 Å². The molecule has 5 heteroatoms. The Balaban J connectivity index is 2.20. The summed E-state index contributed by atoms with van der Waals surface area (Å²) in [7, 11) is 0. The quantitative estimate of drug-likeness (QED) is 0.867. The lowest BCUT2D eigenvalue weighted by Gasteiger charge is -2.09. The maximum atomic E-state index is 13.3. The molecule has 0 bridgehead atoms. The Morgan fingerprint density at radius 2 is 1.90 bits per heavy atom. The van der Waals surface area contributed by atoms with Gasteiger partial charge in [-0.05, 0) is 42.0 Å². The third-order valence-electron chi connectivity index (χ3n) is 2.61. The summed E-state index contributed by atoms with van der Waals surface area (Å²) in [5, 5.41) is 17.7. The van der Waals surface area contributed by atoms with Crippen LogP contribution in [-0.2, 0) is 6.61 Å². The molecule has 0 saturated heterocycles. The zero-order valence-corrected chi connectivity index (χ0v) is 10.4. The summed E-state index contributed by atoms with van der Waals surface area (Å²) in [5.41, 5.74) is 7.09. The van der Waals surface area contributed by atoms with Crippen LogP contribution in [-0.4, -0.2) is 0 Å². The smallest absolute Gasteiger partial charge is 0.137 e.